The van der Waals surface area contributed by atoms with Gasteiger partial charge in [0, 0.05) is 12.6 Å². The van der Waals surface area contributed by atoms with Crippen LogP contribution < -0.4 is 0 Å². The van der Waals surface area contributed by atoms with Crippen molar-refractivity contribution in [1.82, 2.24) is 4.90 Å². The van der Waals surface area contributed by atoms with Crippen LogP contribution in [0.3, 0.4) is 0 Å². The molecule has 1 rings (SSSR count). The molecule has 0 aliphatic carbocycles. The molecule has 1 N–H and O–H groups in total. The molecule has 1 amide bonds. The molecular formula is C19H37NO5Si. The second kappa shape index (κ2) is 7.98. The van der Waals surface area contributed by atoms with Crippen LogP contribution in [-0.2, 0) is 18.8 Å². The summed E-state index contributed by atoms with van der Waals surface area (Å²) in [5, 5.41) is 9.45. The van der Waals surface area contributed by atoms with E-state index in [1.165, 1.54) is 4.90 Å². The zero-order valence-corrected chi connectivity index (χ0v) is 18.9. The minimum Gasteiger partial charge on any atom is -0.459 e. The Bertz CT molecular complexity index is 521. The molecule has 7 heteroatoms. The molecule has 1 aliphatic rings. The minimum absolute atomic E-state index is 0.0356. The molecular weight excluding hydrogens is 350 g/mol. The fraction of sp³-hybridized carbons (Fsp3) is 0.895. The molecule has 1 aliphatic heterocycles. The summed E-state index contributed by atoms with van der Waals surface area (Å²) in [4.78, 5) is 26.3. The number of carbonyl (C=O) groups excluding carboxylic acids is 2. The molecule has 0 bridgehead atoms. The molecule has 1 heterocycles. The predicted octanol–water partition coefficient (Wildman–Crippen LogP) is 2.95. The molecule has 1 fully saturated rings. The number of amides is 1. The van der Waals surface area contributed by atoms with Crippen molar-refractivity contribution in [2.24, 2.45) is 5.92 Å². The Morgan fingerprint density at radius 2 is 1.77 bits per heavy atom. The third-order valence-electron chi connectivity index (χ3n) is 5.32. The second-order valence-corrected chi connectivity index (χ2v) is 14.5. The van der Waals surface area contributed by atoms with Crippen LogP contribution in [0.25, 0.3) is 0 Å². The van der Waals surface area contributed by atoms with Gasteiger partial charge in [0.1, 0.15) is 12.1 Å². The molecule has 0 aromatic carbocycles. The standard InChI is InChI=1S/C19H37NO5Si/c1-13(25-26(8,9)19(5,6)7)16-14(10-11-21)20(17(16)23)12-15(22)24-18(2,3)4/h13-14,16,21H,10-12H2,1-9H3/t13-,14-,16-/m1/s1. The number of nitrogens with zero attached hydrogens (tertiary/aromatic N) is 1. The number of likely N-dealkylation sites (tertiary alicyclic amines) is 1. The zero-order valence-electron chi connectivity index (χ0n) is 17.9. The van der Waals surface area contributed by atoms with E-state index in [4.69, 9.17) is 9.16 Å². The number of esters is 1. The van der Waals surface area contributed by atoms with Gasteiger partial charge in [0.05, 0.1) is 12.0 Å². The quantitative estimate of drug-likeness (QED) is 0.413. The summed E-state index contributed by atoms with van der Waals surface area (Å²) in [5.41, 5.74) is -0.588. The Morgan fingerprint density at radius 1 is 1.23 bits per heavy atom. The summed E-state index contributed by atoms with van der Waals surface area (Å²) in [5.74, 6) is -0.843. The first-order chi connectivity index (χ1) is 11.6. The van der Waals surface area contributed by atoms with E-state index >= 15 is 0 Å². The first kappa shape index (κ1) is 23.1. The molecule has 0 unspecified atom stereocenters. The highest BCUT2D eigenvalue weighted by Crippen LogP contribution is 2.40. The Balaban J connectivity index is 2.82. The van der Waals surface area contributed by atoms with Gasteiger partial charge in [0.25, 0.3) is 0 Å². The summed E-state index contributed by atoms with van der Waals surface area (Å²) in [6.07, 6.45) is 0.194. The smallest absolute Gasteiger partial charge is 0.326 e. The highest BCUT2D eigenvalue weighted by atomic mass is 28.4. The Morgan fingerprint density at radius 3 is 2.19 bits per heavy atom. The van der Waals surface area contributed by atoms with Crippen LogP contribution in [0, 0.1) is 5.92 Å². The van der Waals surface area contributed by atoms with Gasteiger partial charge in [-0.2, -0.15) is 0 Å². The molecule has 26 heavy (non-hydrogen) atoms. The van der Waals surface area contributed by atoms with Crippen LogP contribution in [-0.4, -0.2) is 61.1 Å². The van der Waals surface area contributed by atoms with Crippen molar-refractivity contribution in [2.75, 3.05) is 13.2 Å². The maximum atomic E-state index is 12.7. The van der Waals surface area contributed by atoms with E-state index in [0.717, 1.165) is 0 Å². The lowest BCUT2D eigenvalue weighted by molar-refractivity contribution is -0.175. The summed E-state index contributed by atoms with van der Waals surface area (Å²) in [7, 11) is -2.01. The van der Waals surface area contributed by atoms with E-state index in [1.54, 1.807) is 20.8 Å². The summed E-state index contributed by atoms with van der Waals surface area (Å²) in [6, 6.07) is -0.195. The van der Waals surface area contributed by atoms with Gasteiger partial charge in [-0.05, 0) is 52.2 Å². The maximum absolute atomic E-state index is 12.7. The van der Waals surface area contributed by atoms with Gasteiger partial charge in [0.15, 0.2) is 8.32 Å². The van der Waals surface area contributed by atoms with E-state index < -0.39 is 19.9 Å². The predicted molar refractivity (Wildman–Crippen MR) is 104 cm³/mol. The highest BCUT2D eigenvalue weighted by Gasteiger charge is 2.52. The lowest BCUT2D eigenvalue weighted by Crippen LogP contribution is -2.66. The fourth-order valence-corrected chi connectivity index (χ4v) is 4.46. The second-order valence-electron chi connectivity index (χ2n) is 9.74. The van der Waals surface area contributed by atoms with E-state index in [-0.39, 0.29) is 42.2 Å². The number of ether oxygens (including phenoxy) is 1. The normalized spacial score (nSPS) is 22.8. The monoisotopic (exact) mass is 387 g/mol. The van der Waals surface area contributed by atoms with Crippen molar-refractivity contribution in [1.29, 1.82) is 0 Å². The van der Waals surface area contributed by atoms with Crippen LogP contribution in [0.4, 0.5) is 0 Å². The van der Waals surface area contributed by atoms with Crippen molar-refractivity contribution >= 4 is 20.2 Å². The molecule has 0 radical (unpaired) electrons. The molecule has 0 aromatic rings. The number of β-lactam (4-membered cyclic amide) rings is 1. The van der Waals surface area contributed by atoms with Crippen molar-refractivity contribution in [3.8, 4) is 0 Å². The number of carbonyl (C=O) groups is 2. The molecule has 0 aromatic heterocycles. The van der Waals surface area contributed by atoms with Crippen molar-refractivity contribution in [3.05, 3.63) is 0 Å². The topological polar surface area (TPSA) is 76.1 Å². The Hall–Kier alpha value is -0.923. The first-order valence-corrected chi connectivity index (χ1v) is 12.3. The third kappa shape index (κ3) is 5.54. The van der Waals surface area contributed by atoms with E-state index in [0.29, 0.717) is 6.42 Å². The van der Waals surface area contributed by atoms with Crippen molar-refractivity contribution in [3.63, 3.8) is 0 Å². The highest BCUT2D eigenvalue weighted by molar-refractivity contribution is 6.74. The molecule has 3 atom stereocenters. The lowest BCUT2D eigenvalue weighted by Gasteiger charge is -2.51. The van der Waals surface area contributed by atoms with Crippen LogP contribution in [0.5, 0.6) is 0 Å². The SMILES string of the molecule is C[C@@H](O[Si](C)(C)C(C)(C)C)[C@H]1C(=O)N(CC(=O)OC(C)(C)C)[C@@H]1CCO. The van der Waals surface area contributed by atoms with Crippen LogP contribution in [0.1, 0.15) is 54.9 Å². The van der Waals surface area contributed by atoms with Crippen molar-refractivity contribution in [2.45, 2.75) is 90.8 Å². The summed E-state index contributed by atoms with van der Waals surface area (Å²) in [6.45, 7) is 18.0. The van der Waals surface area contributed by atoms with Crippen LogP contribution >= 0.6 is 0 Å². The number of hydrogen-bond acceptors (Lipinski definition) is 5. The molecule has 0 saturated carbocycles. The molecule has 0 spiro atoms. The van der Waals surface area contributed by atoms with Crippen molar-refractivity contribution < 1.29 is 23.9 Å². The average Bonchev–Trinajstić information content (AvgIpc) is 2.40. The third-order valence-corrected chi connectivity index (χ3v) is 9.89. The van der Waals surface area contributed by atoms with Gasteiger partial charge in [-0.3, -0.25) is 9.59 Å². The van der Waals surface area contributed by atoms with Gasteiger partial charge < -0.3 is 19.2 Å². The molecule has 1 saturated heterocycles. The molecule has 152 valence electrons. The Labute approximate surface area is 159 Å². The van der Waals surface area contributed by atoms with Gasteiger partial charge in [0.2, 0.25) is 5.91 Å². The van der Waals surface area contributed by atoms with Gasteiger partial charge in [-0.1, -0.05) is 20.8 Å². The summed E-state index contributed by atoms with van der Waals surface area (Å²) < 4.78 is 11.7. The Kier molecular flexibility index (Phi) is 7.10. The summed E-state index contributed by atoms with van der Waals surface area (Å²) >= 11 is 0. The van der Waals surface area contributed by atoms with Gasteiger partial charge in [-0.25, -0.2) is 0 Å². The largest absolute Gasteiger partial charge is 0.459 e. The van der Waals surface area contributed by atoms with Crippen LogP contribution in [0.15, 0.2) is 0 Å². The lowest BCUT2D eigenvalue weighted by atomic mass is 9.81. The van der Waals surface area contributed by atoms with Crippen LogP contribution in [0.2, 0.25) is 18.1 Å². The maximum Gasteiger partial charge on any atom is 0.326 e. The van der Waals surface area contributed by atoms with Gasteiger partial charge >= 0.3 is 5.97 Å². The number of hydrogen-bond donors (Lipinski definition) is 1. The van der Waals surface area contributed by atoms with E-state index in [9.17, 15) is 14.7 Å². The van der Waals surface area contributed by atoms with E-state index in [1.807, 2.05) is 6.92 Å². The zero-order chi connectivity index (χ0) is 20.5. The number of aliphatic hydroxyl groups is 1. The van der Waals surface area contributed by atoms with E-state index in [2.05, 4.69) is 33.9 Å². The van der Waals surface area contributed by atoms with Gasteiger partial charge in [-0.15, -0.1) is 0 Å². The average molecular weight is 388 g/mol. The first-order valence-electron chi connectivity index (χ1n) is 9.42. The number of aliphatic hydroxyl groups excluding tert-OH is 1. The number of rotatable bonds is 7. The fourth-order valence-electron chi connectivity index (χ4n) is 3.04. The molecule has 6 nitrogen and oxygen atoms in total. The minimum atomic E-state index is -2.01.